The molecule has 1 aromatic heterocycles. The molecule has 1 aliphatic heterocycles. The van der Waals surface area contributed by atoms with E-state index < -0.39 is 5.91 Å². The Morgan fingerprint density at radius 2 is 1.90 bits per heavy atom. The van der Waals surface area contributed by atoms with Crippen LogP contribution in [-0.2, 0) is 4.79 Å². The van der Waals surface area contributed by atoms with E-state index >= 15 is 0 Å². The van der Waals surface area contributed by atoms with Gasteiger partial charge < -0.3 is 24.2 Å². The van der Waals surface area contributed by atoms with Gasteiger partial charge in [0.1, 0.15) is 11.5 Å². The van der Waals surface area contributed by atoms with Crippen LogP contribution in [0.4, 0.5) is 11.4 Å². The van der Waals surface area contributed by atoms with Crippen LogP contribution >= 0.6 is 0 Å². The standard InChI is InChI=1S/C22H21N3O5/c1-28-16-9-10-19(29-2)17(12-16)20-13-18(24-30-20)22(27)23-14-5-7-15(8-6-14)25-11-3-4-21(25)26/h5-10,12-13H,3-4,11H2,1-2H3,(H,23,27). The third kappa shape index (κ3) is 3.84. The summed E-state index contributed by atoms with van der Waals surface area (Å²) in [4.78, 5) is 26.2. The summed E-state index contributed by atoms with van der Waals surface area (Å²) in [6, 6.07) is 14.0. The Bertz CT molecular complexity index is 1070. The van der Waals surface area contributed by atoms with Gasteiger partial charge in [0.25, 0.3) is 5.91 Å². The molecule has 1 saturated heterocycles. The first-order valence-corrected chi connectivity index (χ1v) is 9.50. The molecule has 8 heteroatoms. The highest BCUT2D eigenvalue weighted by atomic mass is 16.5. The number of amides is 2. The minimum atomic E-state index is -0.406. The number of carbonyl (C=O) groups is 2. The lowest BCUT2D eigenvalue weighted by Gasteiger charge is -2.15. The number of ether oxygens (including phenoxy) is 2. The molecular weight excluding hydrogens is 386 g/mol. The molecule has 0 spiro atoms. The maximum atomic E-state index is 12.6. The number of hydrogen-bond acceptors (Lipinski definition) is 6. The third-order valence-electron chi connectivity index (χ3n) is 4.93. The summed E-state index contributed by atoms with van der Waals surface area (Å²) in [6.45, 7) is 0.722. The lowest BCUT2D eigenvalue weighted by molar-refractivity contribution is -0.117. The second-order valence-electron chi connectivity index (χ2n) is 6.79. The Morgan fingerprint density at radius 1 is 1.10 bits per heavy atom. The second-order valence-corrected chi connectivity index (χ2v) is 6.79. The highest BCUT2D eigenvalue weighted by Gasteiger charge is 2.22. The Kier molecular flexibility index (Phi) is 5.38. The van der Waals surface area contributed by atoms with Crippen molar-refractivity contribution in [3.63, 3.8) is 0 Å². The molecule has 2 aromatic carbocycles. The lowest BCUT2D eigenvalue weighted by atomic mass is 10.1. The van der Waals surface area contributed by atoms with Gasteiger partial charge in [0.05, 0.1) is 19.8 Å². The summed E-state index contributed by atoms with van der Waals surface area (Å²) in [5.41, 5.74) is 2.18. The Hall–Kier alpha value is -3.81. The van der Waals surface area contributed by atoms with E-state index in [4.69, 9.17) is 14.0 Å². The number of nitrogens with zero attached hydrogens (tertiary/aromatic N) is 2. The molecule has 4 rings (SSSR count). The largest absolute Gasteiger partial charge is 0.497 e. The number of aromatic nitrogens is 1. The highest BCUT2D eigenvalue weighted by molar-refractivity contribution is 6.03. The molecule has 0 saturated carbocycles. The molecule has 1 aliphatic rings. The summed E-state index contributed by atoms with van der Waals surface area (Å²) in [5, 5.41) is 6.66. The number of rotatable bonds is 6. The van der Waals surface area contributed by atoms with E-state index in [0.717, 1.165) is 18.7 Å². The number of hydrogen-bond donors (Lipinski definition) is 1. The fourth-order valence-electron chi connectivity index (χ4n) is 3.36. The zero-order valence-corrected chi connectivity index (χ0v) is 16.7. The molecule has 0 radical (unpaired) electrons. The molecule has 8 nitrogen and oxygen atoms in total. The van der Waals surface area contributed by atoms with E-state index in [-0.39, 0.29) is 11.6 Å². The fourth-order valence-corrected chi connectivity index (χ4v) is 3.36. The van der Waals surface area contributed by atoms with Gasteiger partial charge in [-0.25, -0.2) is 0 Å². The van der Waals surface area contributed by atoms with Gasteiger partial charge >= 0.3 is 0 Å². The van der Waals surface area contributed by atoms with Crippen molar-refractivity contribution in [2.24, 2.45) is 0 Å². The first-order valence-electron chi connectivity index (χ1n) is 9.50. The minimum absolute atomic E-state index is 0.120. The van der Waals surface area contributed by atoms with Crippen LogP contribution in [0.1, 0.15) is 23.3 Å². The quantitative estimate of drug-likeness (QED) is 0.669. The molecule has 0 unspecified atom stereocenters. The van der Waals surface area contributed by atoms with Crippen molar-refractivity contribution in [3.8, 4) is 22.8 Å². The van der Waals surface area contributed by atoms with Gasteiger partial charge in [0.2, 0.25) is 5.91 Å². The van der Waals surface area contributed by atoms with Crippen molar-refractivity contribution in [3.05, 3.63) is 54.2 Å². The summed E-state index contributed by atoms with van der Waals surface area (Å²) in [7, 11) is 3.12. The van der Waals surface area contributed by atoms with Crippen LogP contribution in [0.2, 0.25) is 0 Å². The van der Waals surface area contributed by atoms with Crippen molar-refractivity contribution >= 4 is 23.2 Å². The van der Waals surface area contributed by atoms with Gasteiger partial charge in [-0.15, -0.1) is 0 Å². The maximum absolute atomic E-state index is 12.6. The van der Waals surface area contributed by atoms with E-state index in [2.05, 4.69) is 10.5 Å². The maximum Gasteiger partial charge on any atom is 0.277 e. The topological polar surface area (TPSA) is 93.9 Å². The van der Waals surface area contributed by atoms with Gasteiger partial charge in [0, 0.05) is 30.4 Å². The van der Waals surface area contributed by atoms with E-state index in [1.807, 2.05) is 12.1 Å². The first kappa shape index (κ1) is 19.5. The van der Waals surface area contributed by atoms with Crippen LogP contribution < -0.4 is 19.7 Å². The molecule has 30 heavy (non-hydrogen) atoms. The SMILES string of the molecule is COc1ccc(OC)c(-c2cc(C(=O)Nc3ccc(N4CCCC4=O)cc3)no2)c1. The molecule has 3 aromatic rings. The molecule has 154 valence electrons. The van der Waals surface area contributed by atoms with Crippen molar-refractivity contribution in [2.45, 2.75) is 12.8 Å². The van der Waals surface area contributed by atoms with Gasteiger partial charge in [-0.2, -0.15) is 0 Å². The van der Waals surface area contributed by atoms with Crippen LogP contribution in [0.5, 0.6) is 11.5 Å². The van der Waals surface area contributed by atoms with Crippen LogP contribution in [0, 0.1) is 0 Å². The Labute approximate surface area is 173 Å². The second kappa shape index (κ2) is 8.28. The Morgan fingerprint density at radius 3 is 2.57 bits per heavy atom. The zero-order chi connectivity index (χ0) is 21.1. The average Bonchev–Trinajstić information content (AvgIpc) is 3.43. The average molecular weight is 407 g/mol. The molecule has 1 N–H and O–H groups in total. The third-order valence-corrected chi connectivity index (χ3v) is 4.93. The summed E-state index contributed by atoms with van der Waals surface area (Å²) in [6.07, 6.45) is 1.44. The number of anilines is 2. The molecule has 2 amide bonds. The smallest absolute Gasteiger partial charge is 0.277 e. The van der Waals surface area contributed by atoms with E-state index in [9.17, 15) is 9.59 Å². The van der Waals surface area contributed by atoms with E-state index in [1.54, 1.807) is 55.5 Å². The normalized spacial score (nSPS) is 13.4. The summed E-state index contributed by atoms with van der Waals surface area (Å²) in [5.74, 6) is 1.31. The molecule has 0 bridgehead atoms. The van der Waals surface area contributed by atoms with Crippen LogP contribution in [0.15, 0.2) is 53.1 Å². The number of nitrogens with one attached hydrogen (secondary N) is 1. The van der Waals surface area contributed by atoms with Crippen LogP contribution in [-0.4, -0.2) is 37.7 Å². The number of carbonyl (C=O) groups excluding carboxylic acids is 2. The van der Waals surface area contributed by atoms with Crippen LogP contribution in [0.25, 0.3) is 11.3 Å². The van der Waals surface area contributed by atoms with E-state index in [1.165, 1.54) is 0 Å². The molecule has 0 atom stereocenters. The van der Waals surface area contributed by atoms with Gasteiger partial charge in [-0.1, -0.05) is 5.16 Å². The highest BCUT2D eigenvalue weighted by Crippen LogP contribution is 2.34. The lowest BCUT2D eigenvalue weighted by Crippen LogP contribution is -2.23. The zero-order valence-electron chi connectivity index (χ0n) is 16.7. The summed E-state index contributed by atoms with van der Waals surface area (Å²) >= 11 is 0. The van der Waals surface area contributed by atoms with Crippen molar-refractivity contribution in [2.75, 3.05) is 31.0 Å². The molecule has 0 aliphatic carbocycles. The molecule has 1 fully saturated rings. The number of methoxy groups -OCH3 is 2. The molecular formula is C22H21N3O5. The Balaban J connectivity index is 1.49. The van der Waals surface area contributed by atoms with E-state index in [0.29, 0.717) is 34.9 Å². The van der Waals surface area contributed by atoms with Gasteiger partial charge in [-0.05, 0) is 48.9 Å². The predicted molar refractivity (Wildman–Crippen MR) is 111 cm³/mol. The van der Waals surface area contributed by atoms with Crippen molar-refractivity contribution in [1.29, 1.82) is 0 Å². The molecule has 2 heterocycles. The predicted octanol–water partition coefficient (Wildman–Crippen LogP) is 3.74. The monoisotopic (exact) mass is 407 g/mol. The summed E-state index contributed by atoms with van der Waals surface area (Å²) < 4.78 is 16.0. The fraction of sp³-hybridized carbons (Fsp3) is 0.227. The minimum Gasteiger partial charge on any atom is -0.497 e. The van der Waals surface area contributed by atoms with Crippen molar-refractivity contribution in [1.82, 2.24) is 5.16 Å². The van der Waals surface area contributed by atoms with Crippen molar-refractivity contribution < 1.29 is 23.6 Å². The number of benzene rings is 2. The first-order chi connectivity index (χ1) is 14.6. The van der Waals surface area contributed by atoms with Crippen LogP contribution in [0.3, 0.4) is 0 Å². The van der Waals surface area contributed by atoms with Gasteiger partial charge in [-0.3, -0.25) is 9.59 Å². The van der Waals surface area contributed by atoms with Gasteiger partial charge in [0.15, 0.2) is 11.5 Å².